The minimum atomic E-state index is -0.0870. The molecule has 1 rings (SSSR count). The summed E-state index contributed by atoms with van der Waals surface area (Å²) in [5.74, 6) is 0.299. The molecule has 0 radical (unpaired) electrons. The van der Waals surface area contributed by atoms with Gasteiger partial charge in [0.1, 0.15) is 6.61 Å². The zero-order valence-electron chi connectivity index (χ0n) is 10.2. The van der Waals surface area contributed by atoms with E-state index in [1.807, 2.05) is 20.8 Å². The van der Waals surface area contributed by atoms with E-state index < -0.39 is 0 Å². The highest BCUT2D eigenvalue weighted by atomic mass is 35.5. The highest BCUT2D eigenvalue weighted by molar-refractivity contribution is 6.42. The Hall–Kier alpha value is -0.570. The molecule has 0 N–H and O–H groups in total. The molecule has 1 atom stereocenters. The average molecular weight is 275 g/mol. The van der Waals surface area contributed by atoms with Crippen molar-refractivity contribution in [3.05, 3.63) is 33.8 Å². The van der Waals surface area contributed by atoms with Gasteiger partial charge in [-0.05, 0) is 31.0 Å². The van der Waals surface area contributed by atoms with Crippen LogP contribution in [0.1, 0.15) is 31.1 Å². The molecule has 0 heterocycles. The number of hydrogen-bond donors (Lipinski definition) is 0. The third-order valence-electron chi connectivity index (χ3n) is 2.66. The highest BCUT2D eigenvalue weighted by Gasteiger charge is 2.12. The van der Waals surface area contributed by atoms with Crippen molar-refractivity contribution < 1.29 is 9.53 Å². The van der Waals surface area contributed by atoms with Crippen molar-refractivity contribution in [2.24, 2.45) is 5.92 Å². The normalized spacial score (nSPS) is 12.8. The Morgan fingerprint density at radius 2 is 1.88 bits per heavy atom. The van der Waals surface area contributed by atoms with E-state index in [2.05, 4.69) is 0 Å². The van der Waals surface area contributed by atoms with Gasteiger partial charge in [0, 0.05) is 5.56 Å². The Kier molecular flexibility index (Phi) is 5.44. The molecule has 0 aromatic heterocycles. The molecular formula is C13H16Cl2O2. The Bertz CT molecular complexity index is 402. The molecule has 94 valence electrons. The Morgan fingerprint density at radius 3 is 2.41 bits per heavy atom. The molecule has 0 bridgehead atoms. The molecule has 1 unspecified atom stereocenters. The predicted octanol–water partition coefficient (Wildman–Crippen LogP) is 4.24. The quantitative estimate of drug-likeness (QED) is 0.751. The molecule has 0 aliphatic carbocycles. The van der Waals surface area contributed by atoms with Gasteiger partial charge in [0.05, 0.1) is 16.1 Å². The fourth-order valence-electron chi connectivity index (χ4n) is 1.15. The topological polar surface area (TPSA) is 26.3 Å². The maximum atomic E-state index is 11.8. The zero-order valence-corrected chi connectivity index (χ0v) is 11.7. The Balaban J connectivity index is 2.61. The second kappa shape index (κ2) is 6.39. The summed E-state index contributed by atoms with van der Waals surface area (Å²) >= 11 is 11.6. The molecule has 17 heavy (non-hydrogen) atoms. The predicted molar refractivity (Wildman–Crippen MR) is 71.0 cm³/mol. The second-order valence-corrected chi connectivity index (χ2v) is 5.13. The van der Waals surface area contributed by atoms with E-state index in [1.54, 1.807) is 18.2 Å². The second-order valence-electron chi connectivity index (χ2n) is 4.31. The Morgan fingerprint density at radius 1 is 1.24 bits per heavy atom. The van der Waals surface area contributed by atoms with Gasteiger partial charge >= 0.3 is 0 Å². The molecule has 1 aromatic rings. The lowest BCUT2D eigenvalue weighted by atomic mass is 10.1. The number of rotatable bonds is 5. The van der Waals surface area contributed by atoms with Gasteiger partial charge < -0.3 is 4.74 Å². The summed E-state index contributed by atoms with van der Waals surface area (Å²) in [6, 6.07) is 4.83. The van der Waals surface area contributed by atoms with Gasteiger partial charge in [-0.15, -0.1) is 0 Å². The van der Waals surface area contributed by atoms with E-state index in [9.17, 15) is 4.79 Å². The van der Waals surface area contributed by atoms with Gasteiger partial charge in [0.15, 0.2) is 5.78 Å². The fraction of sp³-hybridized carbons (Fsp3) is 0.462. The number of ether oxygens (including phenoxy) is 1. The molecule has 0 fully saturated rings. The van der Waals surface area contributed by atoms with Crippen LogP contribution < -0.4 is 0 Å². The van der Waals surface area contributed by atoms with Crippen LogP contribution >= 0.6 is 23.2 Å². The number of Topliss-reactive ketones (excluding diaryl/α,β-unsaturated/α-hetero) is 1. The number of ketones is 1. The third-order valence-corrected chi connectivity index (χ3v) is 3.40. The first kappa shape index (κ1) is 14.5. The minimum absolute atomic E-state index is 0.0572. The van der Waals surface area contributed by atoms with Crippen LogP contribution in [0.15, 0.2) is 18.2 Å². The van der Waals surface area contributed by atoms with Gasteiger partial charge in [-0.3, -0.25) is 4.79 Å². The fourth-order valence-corrected chi connectivity index (χ4v) is 1.45. The summed E-state index contributed by atoms with van der Waals surface area (Å²) < 4.78 is 5.46. The molecule has 0 saturated carbocycles. The van der Waals surface area contributed by atoms with Crippen molar-refractivity contribution in [1.82, 2.24) is 0 Å². The van der Waals surface area contributed by atoms with Crippen molar-refractivity contribution in [3.63, 3.8) is 0 Å². The van der Waals surface area contributed by atoms with Crippen molar-refractivity contribution in [2.45, 2.75) is 26.9 Å². The van der Waals surface area contributed by atoms with Gasteiger partial charge in [-0.25, -0.2) is 0 Å². The van der Waals surface area contributed by atoms with Crippen LogP contribution in [0.3, 0.4) is 0 Å². The van der Waals surface area contributed by atoms with E-state index in [0.717, 1.165) is 0 Å². The molecule has 0 amide bonds. The van der Waals surface area contributed by atoms with Crippen LogP contribution in [0.25, 0.3) is 0 Å². The first-order chi connectivity index (χ1) is 7.91. The maximum Gasteiger partial charge on any atom is 0.188 e. The van der Waals surface area contributed by atoms with Crippen LogP contribution in [0, 0.1) is 5.92 Å². The van der Waals surface area contributed by atoms with Crippen LogP contribution in [0.5, 0.6) is 0 Å². The molecule has 1 aromatic carbocycles. The number of halogens is 2. The first-order valence-electron chi connectivity index (χ1n) is 5.51. The Labute approximate surface area is 112 Å². The van der Waals surface area contributed by atoms with Crippen LogP contribution in [-0.4, -0.2) is 18.5 Å². The lowest BCUT2D eigenvalue weighted by molar-refractivity contribution is 0.0336. The highest BCUT2D eigenvalue weighted by Crippen LogP contribution is 2.22. The lowest BCUT2D eigenvalue weighted by Gasteiger charge is -2.15. The summed E-state index contributed by atoms with van der Waals surface area (Å²) in [6.07, 6.45) is 0.0572. The summed E-state index contributed by atoms with van der Waals surface area (Å²) in [6.45, 7) is 6.12. The van der Waals surface area contributed by atoms with Crippen molar-refractivity contribution in [1.29, 1.82) is 0 Å². The summed E-state index contributed by atoms with van der Waals surface area (Å²) in [5, 5.41) is 0.828. The number of benzene rings is 1. The third kappa shape index (κ3) is 4.30. The largest absolute Gasteiger partial charge is 0.370 e. The molecular weight excluding hydrogens is 259 g/mol. The van der Waals surface area contributed by atoms with Crippen LogP contribution in [0.2, 0.25) is 10.0 Å². The van der Waals surface area contributed by atoms with E-state index in [0.29, 0.717) is 21.5 Å². The number of carbonyl (C=O) groups is 1. The number of hydrogen-bond acceptors (Lipinski definition) is 2. The van der Waals surface area contributed by atoms with Gasteiger partial charge in [0.25, 0.3) is 0 Å². The smallest absolute Gasteiger partial charge is 0.188 e. The zero-order chi connectivity index (χ0) is 13.0. The van der Waals surface area contributed by atoms with Gasteiger partial charge in [-0.1, -0.05) is 37.0 Å². The van der Waals surface area contributed by atoms with Crippen LogP contribution in [-0.2, 0) is 4.74 Å². The van der Waals surface area contributed by atoms with E-state index in [-0.39, 0.29) is 18.5 Å². The van der Waals surface area contributed by atoms with Crippen molar-refractivity contribution in [2.75, 3.05) is 6.61 Å². The average Bonchev–Trinajstić information content (AvgIpc) is 2.28. The standard InChI is InChI=1S/C13H16Cl2O2/c1-8(2)9(3)17-7-13(16)10-4-5-11(14)12(15)6-10/h4-6,8-9H,7H2,1-3H3. The van der Waals surface area contributed by atoms with Crippen molar-refractivity contribution in [3.8, 4) is 0 Å². The minimum Gasteiger partial charge on any atom is -0.370 e. The molecule has 0 aliphatic heterocycles. The molecule has 2 nitrogen and oxygen atoms in total. The molecule has 0 spiro atoms. The van der Waals surface area contributed by atoms with E-state index >= 15 is 0 Å². The van der Waals surface area contributed by atoms with Gasteiger partial charge in [-0.2, -0.15) is 0 Å². The summed E-state index contributed by atoms with van der Waals surface area (Å²) in [5.41, 5.74) is 0.523. The maximum absolute atomic E-state index is 11.8. The summed E-state index contributed by atoms with van der Waals surface area (Å²) in [7, 11) is 0. The van der Waals surface area contributed by atoms with Crippen LogP contribution in [0.4, 0.5) is 0 Å². The molecule has 0 saturated heterocycles. The van der Waals surface area contributed by atoms with Gasteiger partial charge in [0.2, 0.25) is 0 Å². The van der Waals surface area contributed by atoms with E-state index in [1.165, 1.54) is 0 Å². The van der Waals surface area contributed by atoms with Crippen molar-refractivity contribution >= 4 is 29.0 Å². The number of carbonyl (C=O) groups excluding carboxylic acids is 1. The summed E-state index contributed by atoms with van der Waals surface area (Å²) in [4.78, 5) is 11.8. The lowest BCUT2D eigenvalue weighted by Crippen LogP contribution is -2.20. The first-order valence-corrected chi connectivity index (χ1v) is 6.27. The monoisotopic (exact) mass is 274 g/mol. The molecule has 4 heteroatoms. The van der Waals surface area contributed by atoms with E-state index in [4.69, 9.17) is 27.9 Å². The SMILES string of the molecule is CC(C)C(C)OCC(=O)c1ccc(Cl)c(Cl)c1. The molecule has 0 aliphatic rings.